The highest BCUT2D eigenvalue weighted by Gasteiger charge is 2.19. The third kappa shape index (κ3) is 62.2. The maximum atomic E-state index is 12.9. The van der Waals surface area contributed by atoms with Crippen molar-refractivity contribution in [1.82, 2.24) is 0 Å². The van der Waals surface area contributed by atoms with Crippen molar-refractivity contribution in [2.45, 2.75) is 367 Å². The molecule has 444 valence electrons. The molecule has 0 fully saturated rings. The Bertz CT molecular complexity index is 1310. The summed E-state index contributed by atoms with van der Waals surface area (Å²) in [5.74, 6) is -0.864. The molecule has 0 aromatic heterocycles. The van der Waals surface area contributed by atoms with Gasteiger partial charge in [-0.05, 0) is 103 Å². The first-order chi connectivity index (χ1) is 37.5. The van der Waals surface area contributed by atoms with Gasteiger partial charge in [0.15, 0.2) is 6.10 Å². The van der Waals surface area contributed by atoms with Crippen LogP contribution in [0.5, 0.6) is 0 Å². The molecular weight excluding hydrogens is 937 g/mol. The molecule has 6 heteroatoms. The Morgan fingerprint density at radius 3 is 0.737 bits per heavy atom. The zero-order valence-electron chi connectivity index (χ0n) is 51.0. The minimum absolute atomic E-state index is 0.0740. The first kappa shape index (κ1) is 73.4. The first-order valence-corrected chi connectivity index (χ1v) is 33.6. The predicted molar refractivity (Wildman–Crippen MR) is 330 cm³/mol. The van der Waals surface area contributed by atoms with Crippen molar-refractivity contribution in [2.75, 3.05) is 13.2 Å². The third-order valence-electron chi connectivity index (χ3n) is 15.0. The van der Waals surface area contributed by atoms with Crippen LogP contribution < -0.4 is 0 Å². The van der Waals surface area contributed by atoms with Crippen molar-refractivity contribution in [3.8, 4) is 0 Å². The molecular formula is C70H128O6. The smallest absolute Gasteiger partial charge is 0.306 e. The Morgan fingerprint density at radius 1 is 0.263 bits per heavy atom. The van der Waals surface area contributed by atoms with E-state index in [4.69, 9.17) is 14.2 Å². The highest BCUT2D eigenvalue weighted by Crippen LogP contribution is 2.17. The zero-order chi connectivity index (χ0) is 55.0. The van der Waals surface area contributed by atoms with Crippen LogP contribution in [0.1, 0.15) is 361 Å². The number of unbranched alkanes of at least 4 members (excludes halogenated alkanes) is 43. The van der Waals surface area contributed by atoms with E-state index >= 15 is 0 Å². The lowest BCUT2D eigenvalue weighted by Gasteiger charge is -2.18. The van der Waals surface area contributed by atoms with Crippen LogP contribution in [0.4, 0.5) is 0 Å². The van der Waals surface area contributed by atoms with Crippen molar-refractivity contribution in [1.29, 1.82) is 0 Å². The van der Waals surface area contributed by atoms with Gasteiger partial charge in [0.25, 0.3) is 0 Å². The highest BCUT2D eigenvalue weighted by atomic mass is 16.6. The fourth-order valence-corrected chi connectivity index (χ4v) is 9.94. The molecule has 0 heterocycles. The van der Waals surface area contributed by atoms with Crippen LogP contribution in [0.25, 0.3) is 0 Å². The molecule has 0 saturated heterocycles. The van der Waals surface area contributed by atoms with Gasteiger partial charge < -0.3 is 14.2 Å². The lowest BCUT2D eigenvalue weighted by atomic mass is 10.0. The zero-order valence-corrected chi connectivity index (χ0v) is 51.0. The van der Waals surface area contributed by atoms with E-state index in [0.29, 0.717) is 19.3 Å². The molecule has 76 heavy (non-hydrogen) atoms. The van der Waals surface area contributed by atoms with E-state index in [1.165, 1.54) is 250 Å². The molecule has 0 aromatic rings. The molecule has 0 N–H and O–H groups in total. The Hall–Kier alpha value is -2.63. The molecule has 0 aliphatic rings. The SMILES string of the molecule is CCCCCCC/C=C\C/C=C\CCCCCCCCCCCCCCCC(=O)OCC(COC(=O)CCCCCCC/C=C\CCCCCCC)OC(=O)CCCCCCCCCCC/C=C\CCCCCCCC. The standard InChI is InChI=1S/C70H128O6/c1-4-7-10-13-16-19-22-25-28-30-32-33-34-35-36-37-39-40-42-45-48-51-54-57-60-63-69(72)75-66-67(65-74-68(71)62-59-56-53-50-47-44-27-24-21-18-15-12-9-6-3)76-70(73)64-61-58-55-52-49-46-43-41-38-31-29-26-23-20-17-14-11-8-5-2/h22,24-27,29-30,32,67H,4-21,23,28,31,33-66H2,1-3H3/b25-22-,27-24-,29-26-,32-30-. The number of carbonyl (C=O) groups is 3. The largest absolute Gasteiger partial charge is 0.462 e. The molecule has 6 nitrogen and oxygen atoms in total. The summed E-state index contributed by atoms with van der Waals surface area (Å²) >= 11 is 0. The summed E-state index contributed by atoms with van der Waals surface area (Å²) in [7, 11) is 0. The van der Waals surface area contributed by atoms with Crippen LogP contribution in [0, 0.1) is 0 Å². The van der Waals surface area contributed by atoms with Gasteiger partial charge in [-0.1, -0.05) is 288 Å². The van der Waals surface area contributed by atoms with Gasteiger partial charge in [0.05, 0.1) is 0 Å². The van der Waals surface area contributed by atoms with Gasteiger partial charge in [-0.15, -0.1) is 0 Å². The van der Waals surface area contributed by atoms with Gasteiger partial charge in [0.1, 0.15) is 13.2 Å². The van der Waals surface area contributed by atoms with Crippen LogP contribution in [-0.4, -0.2) is 37.2 Å². The van der Waals surface area contributed by atoms with Gasteiger partial charge in [0.2, 0.25) is 0 Å². The van der Waals surface area contributed by atoms with E-state index in [0.717, 1.165) is 70.6 Å². The summed E-state index contributed by atoms with van der Waals surface area (Å²) in [4.78, 5) is 38.4. The van der Waals surface area contributed by atoms with Crippen molar-refractivity contribution in [2.24, 2.45) is 0 Å². The average Bonchev–Trinajstić information content (AvgIpc) is 3.42. The minimum atomic E-state index is -0.778. The maximum Gasteiger partial charge on any atom is 0.306 e. The van der Waals surface area contributed by atoms with Crippen LogP contribution in [0.2, 0.25) is 0 Å². The predicted octanol–water partition coefficient (Wildman–Crippen LogP) is 22.9. The molecule has 0 rings (SSSR count). The number of ether oxygens (including phenoxy) is 3. The average molecular weight is 1070 g/mol. The number of allylic oxidation sites excluding steroid dienone is 8. The third-order valence-corrected chi connectivity index (χ3v) is 15.0. The molecule has 0 aliphatic heterocycles. The van der Waals surface area contributed by atoms with Crippen molar-refractivity contribution < 1.29 is 28.6 Å². The van der Waals surface area contributed by atoms with Crippen molar-refractivity contribution in [3.05, 3.63) is 48.6 Å². The summed E-state index contributed by atoms with van der Waals surface area (Å²) in [6.45, 7) is 6.66. The highest BCUT2D eigenvalue weighted by molar-refractivity contribution is 5.71. The van der Waals surface area contributed by atoms with Crippen LogP contribution >= 0.6 is 0 Å². The van der Waals surface area contributed by atoms with E-state index in [2.05, 4.69) is 69.4 Å². The molecule has 0 bridgehead atoms. The van der Waals surface area contributed by atoms with E-state index in [1.54, 1.807) is 0 Å². The fraction of sp³-hybridized carbons (Fsp3) is 0.843. The number of hydrogen-bond acceptors (Lipinski definition) is 6. The number of hydrogen-bond donors (Lipinski definition) is 0. The lowest BCUT2D eigenvalue weighted by Crippen LogP contribution is -2.30. The van der Waals surface area contributed by atoms with Gasteiger partial charge in [0, 0.05) is 19.3 Å². The summed E-state index contributed by atoms with van der Waals surface area (Å²) in [5, 5.41) is 0. The molecule has 1 atom stereocenters. The second kappa shape index (κ2) is 64.9. The molecule has 0 aliphatic carbocycles. The summed E-state index contributed by atoms with van der Waals surface area (Å²) in [5.41, 5.74) is 0. The van der Waals surface area contributed by atoms with Crippen LogP contribution in [0.15, 0.2) is 48.6 Å². The van der Waals surface area contributed by atoms with E-state index in [9.17, 15) is 14.4 Å². The van der Waals surface area contributed by atoms with Crippen molar-refractivity contribution >= 4 is 17.9 Å². The molecule has 0 aromatic carbocycles. The van der Waals surface area contributed by atoms with Crippen LogP contribution in [-0.2, 0) is 28.6 Å². The van der Waals surface area contributed by atoms with E-state index in [1.807, 2.05) is 0 Å². The van der Waals surface area contributed by atoms with Gasteiger partial charge in [-0.2, -0.15) is 0 Å². The number of carbonyl (C=O) groups excluding carboxylic acids is 3. The topological polar surface area (TPSA) is 78.9 Å². The Morgan fingerprint density at radius 2 is 0.474 bits per heavy atom. The lowest BCUT2D eigenvalue weighted by molar-refractivity contribution is -0.167. The minimum Gasteiger partial charge on any atom is -0.462 e. The van der Waals surface area contributed by atoms with Gasteiger partial charge >= 0.3 is 17.9 Å². The first-order valence-electron chi connectivity index (χ1n) is 33.6. The Balaban J connectivity index is 4.28. The molecule has 0 amide bonds. The van der Waals surface area contributed by atoms with Gasteiger partial charge in [-0.3, -0.25) is 14.4 Å². The molecule has 1 unspecified atom stereocenters. The summed E-state index contributed by atoms with van der Waals surface area (Å²) < 4.78 is 17.0. The fourth-order valence-electron chi connectivity index (χ4n) is 9.94. The monoisotopic (exact) mass is 1060 g/mol. The summed E-state index contributed by atoms with van der Waals surface area (Å²) in [6, 6.07) is 0. The van der Waals surface area contributed by atoms with E-state index < -0.39 is 6.10 Å². The molecule has 0 radical (unpaired) electrons. The van der Waals surface area contributed by atoms with E-state index in [-0.39, 0.29) is 31.1 Å². The van der Waals surface area contributed by atoms with Crippen LogP contribution in [0.3, 0.4) is 0 Å². The van der Waals surface area contributed by atoms with Crippen molar-refractivity contribution in [3.63, 3.8) is 0 Å². The Kier molecular flexibility index (Phi) is 62.6. The second-order valence-corrected chi connectivity index (χ2v) is 22.7. The Labute approximate surface area is 473 Å². The molecule has 0 saturated carbocycles. The summed E-state index contributed by atoms with van der Waals surface area (Å²) in [6.07, 6.45) is 81.2. The quantitative estimate of drug-likeness (QED) is 0.0261. The number of rotatable bonds is 62. The molecule has 0 spiro atoms. The normalized spacial score (nSPS) is 12.3. The maximum absolute atomic E-state index is 12.9. The number of esters is 3. The van der Waals surface area contributed by atoms with Gasteiger partial charge in [-0.25, -0.2) is 0 Å². The second-order valence-electron chi connectivity index (χ2n) is 22.7.